The Bertz CT molecular complexity index is 451. The highest BCUT2D eigenvalue weighted by Crippen LogP contribution is 2.14. The second-order valence-electron chi connectivity index (χ2n) is 3.29. The van der Waals surface area contributed by atoms with Crippen LogP contribution in [-0.4, -0.2) is 26.3 Å². The first-order chi connectivity index (χ1) is 6.72. The van der Waals surface area contributed by atoms with E-state index in [9.17, 15) is 0 Å². The van der Waals surface area contributed by atoms with E-state index in [4.69, 9.17) is 10.8 Å². The first kappa shape index (κ1) is 9.11. The van der Waals surface area contributed by atoms with Crippen molar-refractivity contribution in [2.24, 2.45) is 5.73 Å². The summed E-state index contributed by atoms with van der Waals surface area (Å²) in [6.07, 6.45) is 5.27. The zero-order chi connectivity index (χ0) is 10.1. The molecule has 0 aliphatic rings. The van der Waals surface area contributed by atoms with E-state index >= 15 is 0 Å². The van der Waals surface area contributed by atoms with Gasteiger partial charge in [0.2, 0.25) is 0 Å². The molecule has 2 aromatic heterocycles. The molecular formula is C9H12N4O. The molecule has 0 radical (unpaired) electrons. The average molecular weight is 192 g/mol. The van der Waals surface area contributed by atoms with E-state index in [2.05, 4.69) is 10.1 Å². The average Bonchev–Trinajstić information content (AvgIpc) is 2.59. The summed E-state index contributed by atoms with van der Waals surface area (Å²) in [5.74, 6) is 0. The molecule has 74 valence electrons. The summed E-state index contributed by atoms with van der Waals surface area (Å²) >= 11 is 0. The second kappa shape index (κ2) is 3.36. The molecule has 3 N–H and O–H groups in total. The van der Waals surface area contributed by atoms with E-state index < -0.39 is 6.04 Å². The Morgan fingerprint density at radius 2 is 2.36 bits per heavy atom. The largest absolute Gasteiger partial charge is 0.394 e. The van der Waals surface area contributed by atoms with Crippen molar-refractivity contribution in [1.82, 2.24) is 14.6 Å². The van der Waals surface area contributed by atoms with E-state index in [1.165, 1.54) is 0 Å². The van der Waals surface area contributed by atoms with Crippen molar-refractivity contribution < 1.29 is 5.11 Å². The Kier molecular flexibility index (Phi) is 2.18. The minimum absolute atomic E-state index is 0.100. The molecule has 0 bridgehead atoms. The number of hydrogen-bond acceptors (Lipinski definition) is 4. The van der Waals surface area contributed by atoms with Crippen LogP contribution in [0.5, 0.6) is 0 Å². The quantitative estimate of drug-likeness (QED) is 0.703. The van der Waals surface area contributed by atoms with Gasteiger partial charge in [0.05, 0.1) is 18.8 Å². The fourth-order valence-corrected chi connectivity index (χ4v) is 1.35. The molecule has 0 fully saturated rings. The summed E-state index contributed by atoms with van der Waals surface area (Å²) in [4.78, 5) is 4.22. The van der Waals surface area contributed by atoms with Crippen LogP contribution in [0.25, 0.3) is 5.65 Å². The van der Waals surface area contributed by atoms with Gasteiger partial charge in [-0.3, -0.25) is 0 Å². The Morgan fingerprint density at radius 3 is 3.07 bits per heavy atom. The molecule has 1 unspecified atom stereocenters. The number of nitrogens with two attached hydrogens (primary N) is 1. The van der Waals surface area contributed by atoms with Crippen LogP contribution in [0, 0.1) is 6.92 Å². The molecule has 1 atom stereocenters. The molecule has 14 heavy (non-hydrogen) atoms. The van der Waals surface area contributed by atoms with E-state index in [-0.39, 0.29) is 6.61 Å². The molecule has 0 saturated heterocycles. The number of hydrogen-bond donors (Lipinski definition) is 2. The molecule has 2 rings (SSSR count). The fourth-order valence-electron chi connectivity index (χ4n) is 1.35. The van der Waals surface area contributed by atoms with Crippen molar-refractivity contribution in [2.75, 3.05) is 6.61 Å². The predicted molar refractivity (Wildman–Crippen MR) is 51.7 cm³/mol. The fraction of sp³-hybridized carbons (Fsp3) is 0.333. The van der Waals surface area contributed by atoms with Crippen molar-refractivity contribution in [3.05, 3.63) is 29.7 Å². The van der Waals surface area contributed by atoms with Crippen molar-refractivity contribution in [1.29, 1.82) is 0 Å². The summed E-state index contributed by atoms with van der Waals surface area (Å²) in [6, 6.07) is -0.414. The lowest BCUT2D eigenvalue weighted by Gasteiger charge is -2.04. The number of aliphatic hydroxyl groups is 1. The smallest absolute Gasteiger partial charge is 0.159 e. The maximum atomic E-state index is 8.93. The number of aromatic nitrogens is 3. The third-order valence-electron chi connectivity index (χ3n) is 2.11. The van der Waals surface area contributed by atoms with E-state index in [1.807, 2.05) is 13.1 Å². The first-order valence-corrected chi connectivity index (χ1v) is 4.38. The monoisotopic (exact) mass is 192 g/mol. The molecule has 0 spiro atoms. The molecule has 5 nitrogen and oxygen atoms in total. The lowest BCUT2D eigenvalue weighted by Crippen LogP contribution is -2.14. The minimum atomic E-state index is -0.414. The Hall–Kier alpha value is -1.46. The van der Waals surface area contributed by atoms with Gasteiger partial charge < -0.3 is 10.8 Å². The van der Waals surface area contributed by atoms with E-state index in [0.717, 1.165) is 11.1 Å². The van der Waals surface area contributed by atoms with Crippen molar-refractivity contribution in [3.8, 4) is 0 Å². The number of fused-ring (bicyclic) bond motifs is 1. The van der Waals surface area contributed by atoms with Gasteiger partial charge in [0.1, 0.15) is 0 Å². The summed E-state index contributed by atoms with van der Waals surface area (Å²) in [5.41, 5.74) is 8.21. The summed E-state index contributed by atoms with van der Waals surface area (Å²) in [7, 11) is 0. The molecular weight excluding hydrogens is 180 g/mol. The van der Waals surface area contributed by atoms with Gasteiger partial charge in [-0.15, -0.1) is 0 Å². The van der Waals surface area contributed by atoms with Gasteiger partial charge in [-0.2, -0.15) is 5.10 Å². The van der Waals surface area contributed by atoms with Crippen LogP contribution < -0.4 is 5.73 Å². The third-order valence-corrected chi connectivity index (χ3v) is 2.11. The molecule has 0 aromatic carbocycles. The van der Waals surface area contributed by atoms with Crippen LogP contribution in [0.2, 0.25) is 0 Å². The van der Waals surface area contributed by atoms with Gasteiger partial charge in [-0.05, 0) is 12.5 Å². The number of aryl methyl sites for hydroxylation is 1. The van der Waals surface area contributed by atoms with Crippen LogP contribution in [0.15, 0.2) is 18.6 Å². The summed E-state index contributed by atoms with van der Waals surface area (Å²) in [6.45, 7) is 1.84. The van der Waals surface area contributed by atoms with E-state index in [0.29, 0.717) is 5.65 Å². The highest BCUT2D eigenvalue weighted by molar-refractivity contribution is 5.48. The number of aliphatic hydroxyl groups excluding tert-OH is 1. The van der Waals surface area contributed by atoms with Crippen LogP contribution >= 0.6 is 0 Å². The Morgan fingerprint density at radius 1 is 1.57 bits per heavy atom. The van der Waals surface area contributed by atoms with Gasteiger partial charge in [0, 0.05) is 18.0 Å². The molecule has 5 heteroatoms. The molecule has 0 amide bonds. The molecule has 2 heterocycles. The number of rotatable bonds is 2. The number of nitrogens with zero attached hydrogens (tertiary/aromatic N) is 3. The highest BCUT2D eigenvalue weighted by Gasteiger charge is 2.11. The lowest BCUT2D eigenvalue weighted by atomic mass is 10.2. The maximum absolute atomic E-state index is 8.93. The zero-order valence-electron chi connectivity index (χ0n) is 7.88. The van der Waals surface area contributed by atoms with Crippen molar-refractivity contribution in [3.63, 3.8) is 0 Å². The minimum Gasteiger partial charge on any atom is -0.394 e. The SMILES string of the molecule is Cc1cnc2c(C(N)CO)cnn2c1. The second-order valence-corrected chi connectivity index (χ2v) is 3.29. The molecule has 2 aromatic rings. The van der Waals surface area contributed by atoms with Crippen molar-refractivity contribution in [2.45, 2.75) is 13.0 Å². The van der Waals surface area contributed by atoms with Gasteiger partial charge in [-0.1, -0.05) is 0 Å². The summed E-state index contributed by atoms with van der Waals surface area (Å²) in [5, 5.41) is 13.0. The molecule has 0 saturated carbocycles. The lowest BCUT2D eigenvalue weighted by molar-refractivity contribution is 0.268. The van der Waals surface area contributed by atoms with E-state index in [1.54, 1.807) is 16.9 Å². The van der Waals surface area contributed by atoms with Gasteiger partial charge in [0.15, 0.2) is 5.65 Å². The molecule has 0 aliphatic heterocycles. The predicted octanol–water partition coefficient (Wildman–Crippen LogP) is 0.0298. The van der Waals surface area contributed by atoms with Gasteiger partial charge in [-0.25, -0.2) is 9.50 Å². The van der Waals surface area contributed by atoms with Gasteiger partial charge >= 0.3 is 0 Å². The third kappa shape index (κ3) is 1.36. The van der Waals surface area contributed by atoms with Crippen LogP contribution in [0.1, 0.15) is 17.2 Å². The Labute approximate surface area is 81.2 Å². The summed E-state index contributed by atoms with van der Waals surface area (Å²) < 4.78 is 1.67. The molecule has 0 aliphatic carbocycles. The normalized spacial score (nSPS) is 13.4. The van der Waals surface area contributed by atoms with Crippen LogP contribution in [0.3, 0.4) is 0 Å². The van der Waals surface area contributed by atoms with Crippen molar-refractivity contribution >= 4 is 5.65 Å². The van der Waals surface area contributed by atoms with Crippen LogP contribution in [-0.2, 0) is 0 Å². The highest BCUT2D eigenvalue weighted by atomic mass is 16.3. The Balaban J connectivity index is 2.58. The van der Waals surface area contributed by atoms with Crippen LogP contribution in [0.4, 0.5) is 0 Å². The first-order valence-electron chi connectivity index (χ1n) is 4.38. The topological polar surface area (TPSA) is 76.4 Å². The maximum Gasteiger partial charge on any atom is 0.159 e. The van der Waals surface area contributed by atoms with Gasteiger partial charge in [0.25, 0.3) is 0 Å². The zero-order valence-corrected chi connectivity index (χ0v) is 7.88. The standard InChI is InChI=1S/C9H12N4O/c1-6-2-11-9-7(8(10)5-14)3-12-13(9)4-6/h2-4,8,14H,5,10H2,1H3.